The first kappa shape index (κ1) is 16.8. The van der Waals surface area contributed by atoms with E-state index in [0.29, 0.717) is 5.02 Å². The number of rotatable bonds is 4. The molecule has 0 fully saturated rings. The van der Waals surface area contributed by atoms with Gasteiger partial charge in [0, 0.05) is 11.1 Å². The van der Waals surface area contributed by atoms with Crippen LogP contribution in [-0.2, 0) is 17.6 Å². The van der Waals surface area contributed by atoms with Gasteiger partial charge in [-0.3, -0.25) is 4.79 Å². The summed E-state index contributed by atoms with van der Waals surface area (Å²) in [4.78, 5) is 12.1. The van der Waals surface area contributed by atoms with Gasteiger partial charge in [-0.15, -0.1) is 0 Å². The predicted molar refractivity (Wildman–Crippen MR) is 100 cm³/mol. The summed E-state index contributed by atoms with van der Waals surface area (Å²) in [5.74, 6) is -0.0878. The number of hydrogen-bond donors (Lipinski definition) is 1. The van der Waals surface area contributed by atoms with E-state index >= 15 is 0 Å². The summed E-state index contributed by atoms with van der Waals surface area (Å²) in [6.45, 7) is 2.03. The molecule has 1 amide bonds. The molecule has 0 radical (unpaired) electrons. The quantitative estimate of drug-likeness (QED) is 0.770. The second-order valence-electron chi connectivity index (χ2n) is 6.35. The molecule has 3 rings (SSSR count). The SMILES string of the molecule is C[C@H](NC(=O)/C=C/c1ccc(Cl)cc1)c1ccc2c(c1)CCCC2. The van der Waals surface area contributed by atoms with Gasteiger partial charge in [-0.1, -0.05) is 41.9 Å². The van der Waals surface area contributed by atoms with Crippen molar-refractivity contribution in [3.63, 3.8) is 0 Å². The van der Waals surface area contributed by atoms with Gasteiger partial charge in [0.05, 0.1) is 6.04 Å². The molecule has 0 saturated carbocycles. The Morgan fingerprint density at radius 3 is 2.54 bits per heavy atom. The van der Waals surface area contributed by atoms with Crippen LogP contribution in [0.3, 0.4) is 0 Å². The maximum absolute atomic E-state index is 12.1. The van der Waals surface area contributed by atoms with Crippen molar-refractivity contribution in [1.29, 1.82) is 0 Å². The Hall–Kier alpha value is -2.06. The molecule has 0 aromatic heterocycles. The number of amides is 1. The lowest BCUT2D eigenvalue weighted by atomic mass is 9.89. The average molecular weight is 340 g/mol. The van der Waals surface area contributed by atoms with E-state index in [2.05, 4.69) is 23.5 Å². The van der Waals surface area contributed by atoms with Crippen LogP contribution in [-0.4, -0.2) is 5.91 Å². The monoisotopic (exact) mass is 339 g/mol. The molecule has 0 bridgehead atoms. The standard InChI is InChI=1S/C21H22ClNO/c1-15(18-10-9-17-4-2-3-5-19(17)14-18)23-21(24)13-8-16-6-11-20(22)12-7-16/h6-15H,2-5H2,1H3,(H,23,24)/b13-8+/t15-/m0/s1. The lowest BCUT2D eigenvalue weighted by Gasteiger charge is -2.19. The van der Waals surface area contributed by atoms with Crippen LogP contribution in [0.2, 0.25) is 5.02 Å². The number of hydrogen-bond acceptors (Lipinski definition) is 1. The van der Waals surface area contributed by atoms with Crippen molar-refractivity contribution < 1.29 is 4.79 Å². The van der Waals surface area contributed by atoms with Crippen molar-refractivity contribution in [3.8, 4) is 0 Å². The lowest BCUT2D eigenvalue weighted by Crippen LogP contribution is -2.24. The highest BCUT2D eigenvalue weighted by Crippen LogP contribution is 2.24. The highest BCUT2D eigenvalue weighted by molar-refractivity contribution is 6.30. The van der Waals surface area contributed by atoms with Crippen molar-refractivity contribution in [3.05, 3.63) is 75.8 Å². The van der Waals surface area contributed by atoms with Gasteiger partial charge >= 0.3 is 0 Å². The molecule has 24 heavy (non-hydrogen) atoms. The topological polar surface area (TPSA) is 29.1 Å². The normalized spacial score (nSPS) is 15.1. The van der Waals surface area contributed by atoms with Crippen LogP contribution in [0.1, 0.15) is 48.1 Å². The third-order valence-electron chi connectivity index (χ3n) is 4.53. The number of carbonyl (C=O) groups excluding carboxylic acids is 1. The highest BCUT2D eigenvalue weighted by Gasteiger charge is 2.13. The fourth-order valence-electron chi connectivity index (χ4n) is 3.11. The van der Waals surface area contributed by atoms with E-state index in [1.807, 2.05) is 31.2 Å². The van der Waals surface area contributed by atoms with Crippen molar-refractivity contribution in [2.75, 3.05) is 0 Å². The summed E-state index contributed by atoms with van der Waals surface area (Å²) in [6.07, 6.45) is 8.25. The van der Waals surface area contributed by atoms with Gasteiger partial charge in [0.2, 0.25) is 5.91 Å². The average Bonchev–Trinajstić information content (AvgIpc) is 2.61. The van der Waals surface area contributed by atoms with Crippen LogP contribution >= 0.6 is 11.6 Å². The number of halogens is 1. The summed E-state index contributed by atoms with van der Waals surface area (Å²) in [6, 6.07) is 14.0. The van der Waals surface area contributed by atoms with Crippen molar-refractivity contribution in [1.82, 2.24) is 5.32 Å². The molecule has 0 aliphatic heterocycles. The second kappa shape index (κ2) is 7.67. The van der Waals surface area contributed by atoms with Crippen LogP contribution in [0.4, 0.5) is 0 Å². The summed E-state index contributed by atoms with van der Waals surface area (Å²) >= 11 is 5.86. The maximum Gasteiger partial charge on any atom is 0.244 e. The molecule has 0 saturated heterocycles. The van der Waals surface area contributed by atoms with Gasteiger partial charge in [-0.05, 0) is 73.1 Å². The van der Waals surface area contributed by atoms with E-state index in [4.69, 9.17) is 11.6 Å². The zero-order valence-electron chi connectivity index (χ0n) is 13.9. The molecule has 0 heterocycles. The molecule has 124 valence electrons. The zero-order chi connectivity index (χ0) is 16.9. The van der Waals surface area contributed by atoms with Crippen molar-refractivity contribution in [2.24, 2.45) is 0 Å². The predicted octanol–water partition coefficient (Wildman–Crippen LogP) is 5.11. The number of fused-ring (bicyclic) bond motifs is 1. The zero-order valence-corrected chi connectivity index (χ0v) is 14.6. The Morgan fingerprint density at radius 1 is 1.08 bits per heavy atom. The van der Waals surface area contributed by atoms with Gasteiger partial charge in [0.1, 0.15) is 0 Å². The molecule has 2 aromatic carbocycles. The van der Waals surface area contributed by atoms with E-state index < -0.39 is 0 Å². The van der Waals surface area contributed by atoms with Gasteiger partial charge in [0.15, 0.2) is 0 Å². The highest BCUT2D eigenvalue weighted by atomic mass is 35.5. The molecule has 3 heteroatoms. The minimum atomic E-state index is -0.0878. The number of benzene rings is 2. The first-order valence-corrected chi connectivity index (χ1v) is 8.85. The first-order valence-electron chi connectivity index (χ1n) is 8.47. The number of aryl methyl sites for hydroxylation is 2. The molecule has 1 N–H and O–H groups in total. The molecule has 1 aliphatic rings. The van der Waals surface area contributed by atoms with Gasteiger partial charge in [0.25, 0.3) is 0 Å². The largest absolute Gasteiger partial charge is 0.346 e. The summed E-state index contributed by atoms with van der Waals surface area (Å²) in [5.41, 5.74) is 5.03. The van der Waals surface area contributed by atoms with E-state index in [0.717, 1.165) is 12.0 Å². The van der Waals surface area contributed by atoms with Gasteiger partial charge in [-0.2, -0.15) is 0 Å². The molecule has 1 atom stereocenters. The molecular formula is C21H22ClNO. The summed E-state index contributed by atoms with van der Waals surface area (Å²) in [7, 11) is 0. The van der Waals surface area contributed by atoms with E-state index in [9.17, 15) is 4.79 Å². The molecule has 0 unspecified atom stereocenters. The fourth-order valence-corrected chi connectivity index (χ4v) is 3.24. The second-order valence-corrected chi connectivity index (χ2v) is 6.79. The van der Waals surface area contributed by atoms with E-state index in [-0.39, 0.29) is 11.9 Å². The third kappa shape index (κ3) is 4.27. The van der Waals surface area contributed by atoms with Crippen molar-refractivity contribution in [2.45, 2.75) is 38.6 Å². The Kier molecular flexibility index (Phi) is 5.37. The Bertz CT molecular complexity index is 749. The Labute approximate surface area is 148 Å². The van der Waals surface area contributed by atoms with Crippen LogP contribution in [0, 0.1) is 0 Å². The molecule has 0 spiro atoms. The van der Waals surface area contributed by atoms with Gasteiger partial charge in [-0.25, -0.2) is 0 Å². The number of carbonyl (C=O) groups is 1. The minimum absolute atomic E-state index is 0.000376. The smallest absolute Gasteiger partial charge is 0.244 e. The summed E-state index contributed by atoms with van der Waals surface area (Å²) < 4.78 is 0. The van der Waals surface area contributed by atoms with E-state index in [1.54, 1.807) is 12.2 Å². The fraction of sp³-hybridized carbons (Fsp3) is 0.286. The van der Waals surface area contributed by atoms with Crippen molar-refractivity contribution >= 4 is 23.6 Å². The summed E-state index contributed by atoms with van der Waals surface area (Å²) in [5, 5.41) is 3.73. The molecular weight excluding hydrogens is 318 g/mol. The maximum atomic E-state index is 12.1. The van der Waals surface area contributed by atoms with Crippen LogP contribution in [0.25, 0.3) is 6.08 Å². The van der Waals surface area contributed by atoms with E-state index in [1.165, 1.54) is 36.0 Å². The van der Waals surface area contributed by atoms with Gasteiger partial charge < -0.3 is 5.32 Å². The van der Waals surface area contributed by atoms with Crippen LogP contribution in [0.5, 0.6) is 0 Å². The molecule has 1 aliphatic carbocycles. The van der Waals surface area contributed by atoms with Crippen LogP contribution < -0.4 is 5.32 Å². The first-order chi connectivity index (χ1) is 11.6. The Morgan fingerprint density at radius 2 is 1.79 bits per heavy atom. The molecule has 2 aromatic rings. The minimum Gasteiger partial charge on any atom is -0.346 e. The third-order valence-corrected chi connectivity index (χ3v) is 4.78. The lowest BCUT2D eigenvalue weighted by molar-refractivity contribution is -0.117. The molecule has 2 nitrogen and oxygen atoms in total. The van der Waals surface area contributed by atoms with Crippen LogP contribution in [0.15, 0.2) is 48.5 Å². The number of nitrogens with one attached hydrogen (secondary N) is 1. The Balaban J connectivity index is 1.62.